The number of allylic oxidation sites excluding steroid dienone is 1. The topological polar surface area (TPSA) is 95.7 Å². The Bertz CT molecular complexity index is 710. The van der Waals surface area contributed by atoms with Crippen molar-refractivity contribution in [1.82, 2.24) is 0 Å². The molecular weight excluding hydrogens is 357 g/mol. The summed E-state index contributed by atoms with van der Waals surface area (Å²) < 4.78 is 24.4. The highest BCUT2D eigenvalue weighted by molar-refractivity contribution is 7.60. The van der Waals surface area contributed by atoms with Gasteiger partial charge < -0.3 is 9.05 Å². The summed E-state index contributed by atoms with van der Waals surface area (Å²) in [5.74, 6) is -0.277. The molecule has 0 amide bonds. The number of benzene rings is 1. The second kappa shape index (κ2) is 9.76. The van der Waals surface area contributed by atoms with Gasteiger partial charge in [-0.1, -0.05) is 39.8 Å². The van der Waals surface area contributed by atoms with E-state index < -0.39 is 18.3 Å². The molecule has 0 atom stereocenters. The van der Waals surface area contributed by atoms with Gasteiger partial charge in [0.15, 0.2) is 5.78 Å². The minimum Gasteiger partial charge on any atom is -0.305 e. The van der Waals surface area contributed by atoms with Gasteiger partial charge in [-0.25, -0.2) is 0 Å². The molecule has 0 radical (unpaired) electrons. The van der Waals surface area contributed by atoms with Gasteiger partial charge in [0.05, 0.1) is 18.1 Å². The number of carbonyl (C=O) groups is 1. The van der Waals surface area contributed by atoms with Crippen molar-refractivity contribution in [2.75, 3.05) is 13.2 Å². The van der Waals surface area contributed by atoms with Crippen LogP contribution >= 0.6 is 7.60 Å². The normalized spacial score (nSPS) is 12.7. The van der Waals surface area contributed by atoms with Crippen LogP contribution in [0.3, 0.4) is 0 Å². The van der Waals surface area contributed by atoms with Crippen molar-refractivity contribution in [3.05, 3.63) is 45.3 Å². The van der Waals surface area contributed by atoms with E-state index in [0.29, 0.717) is 5.56 Å². The fourth-order valence-electron chi connectivity index (χ4n) is 1.93. The molecule has 0 unspecified atom stereocenters. The van der Waals surface area contributed by atoms with Gasteiger partial charge in [0.25, 0.3) is 5.69 Å². The number of nitrogens with zero attached hydrogens (tertiary/aromatic N) is 1. The molecule has 0 bridgehead atoms. The second-order valence-corrected chi connectivity index (χ2v) is 8.81. The summed E-state index contributed by atoms with van der Waals surface area (Å²) in [4.78, 5) is 22.6. The maximum absolute atomic E-state index is 13.3. The smallest absolute Gasteiger partial charge is 0.305 e. The zero-order chi connectivity index (χ0) is 19.9. The van der Waals surface area contributed by atoms with Crippen LogP contribution in [0.25, 0.3) is 6.08 Å². The molecule has 0 saturated carbocycles. The Morgan fingerprint density at radius 3 is 2.15 bits per heavy atom. The molecule has 1 aromatic carbocycles. The van der Waals surface area contributed by atoms with E-state index in [2.05, 4.69) is 0 Å². The molecule has 0 spiro atoms. The van der Waals surface area contributed by atoms with E-state index in [1.807, 2.05) is 27.7 Å². The number of Topliss-reactive ketones (excluding diaryl/α,β-unsaturated/α-hetero) is 1. The Hall–Kier alpha value is -1.82. The minimum absolute atomic E-state index is 0.0944. The third-order valence-electron chi connectivity index (χ3n) is 3.20. The quantitative estimate of drug-likeness (QED) is 0.242. The van der Waals surface area contributed by atoms with Crippen LogP contribution in [0.2, 0.25) is 0 Å². The number of hydrogen-bond acceptors (Lipinski definition) is 6. The van der Waals surface area contributed by atoms with Gasteiger partial charge in [-0.15, -0.1) is 0 Å². The van der Waals surface area contributed by atoms with Gasteiger partial charge in [-0.3, -0.25) is 19.5 Å². The van der Waals surface area contributed by atoms with Crippen molar-refractivity contribution in [2.24, 2.45) is 11.8 Å². The van der Waals surface area contributed by atoms with Crippen LogP contribution in [0.4, 0.5) is 5.69 Å². The molecule has 0 aliphatic heterocycles. The maximum Gasteiger partial charge on any atom is 0.364 e. The van der Waals surface area contributed by atoms with Gasteiger partial charge in [-0.05, 0) is 30.4 Å². The summed E-state index contributed by atoms with van der Waals surface area (Å²) in [6.45, 7) is 9.17. The number of non-ortho nitro benzene ring substituents is 1. The first-order valence-corrected chi connectivity index (χ1v) is 9.96. The van der Waals surface area contributed by atoms with Gasteiger partial charge in [0.2, 0.25) is 0 Å². The lowest BCUT2D eigenvalue weighted by Crippen LogP contribution is -2.11. The third kappa shape index (κ3) is 6.83. The number of nitro benzene ring substituents is 1. The van der Waals surface area contributed by atoms with Crippen molar-refractivity contribution in [3.63, 3.8) is 0 Å². The predicted octanol–water partition coefficient (Wildman–Crippen LogP) is 5.06. The Labute approximate surface area is 154 Å². The molecule has 0 heterocycles. The fraction of sp³-hybridized carbons (Fsp3) is 0.500. The molecule has 7 nitrogen and oxygen atoms in total. The summed E-state index contributed by atoms with van der Waals surface area (Å²) in [6.07, 6.45) is 1.34. The van der Waals surface area contributed by atoms with E-state index in [1.165, 1.54) is 31.2 Å². The van der Waals surface area contributed by atoms with Gasteiger partial charge in [0, 0.05) is 12.1 Å². The number of rotatable bonds is 10. The highest BCUT2D eigenvalue weighted by Gasteiger charge is 2.34. The van der Waals surface area contributed by atoms with Crippen LogP contribution in [-0.4, -0.2) is 23.9 Å². The average Bonchev–Trinajstić information content (AvgIpc) is 2.56. The zero-order valence-corrected chi connectivity index (χ0v) is 16.7. The lowest BCUT2D eigenvalue weighted by atomic mass is 10.2. The molecule has 1 aromatic rings. The molecular formula is C18H26NO6P. The molecule has 0 fully saturated rings. The largest absolute Gasteiger partial charge is 0.364 e. The first kappa shape index (κ1) is 22.2. The molecule has 0 aliphatic carbocycles. The maximum atomic E-state index is 13.3. The molecule has 0 aromatic heterocycles. The van der Waals surface area contributed by atoms with E-state index in [1.54, 1.807) is 6.07 Å². The van der Waals surface area contributed by atoms with Crippen LogP contribution in [-0.2, 0) is 18.4 Å². The Morgan fingerprint density at radius 2 is 1.73 bits per heavy atom. The van der Waals surface area contributed by atoms with Crippen LogP contribution in [0.15, 0.2) is 29.6 Å². The molecule has 0 N–H and O–H groups in total. The van der Waals surface area contributed by atoms with Crippen LogP contribution < -0.4 is 0 Å². The summed E-state index contributed by atoms with van der Waals surface area (Å²) in [7, 11) is -3.86. The lowest BCUT2D eigenvalue weighted by Gasteiger charge is -2.22. The first-order valence-electron chi connectivity index (χ1n) is 8.42. The average molecular weight is 383 g/mol. The van der Waals surface area contributed by atoms with E-state index in [9.17, 15) is 19.5 Å². The van der Waals surface area contributed by atoms with Gasteiger partial charge in [0.1, 0.15) is 5.31 Å². The summed E-state index contributed by atoms with van der Waals surface area (Å²) in [5, 5.41) is 10.8. The van der Waals surface area contributed by atoms with E-state index >= 15 is 0 Å². The highest BCUT2D eigenvalue weighted by Crippen LogP contribution is 2.57. The lowest BCUT2D eigenvalue weighted by molar-refractivity contribution is -0.384. The molecule has 26 heavy (non-hydrogen) atoms. The van der Waals surface area contributed by atoms with Crippen molar-refractivity contribution < 1.29 is 23.3 Å². The van der Waals surface area contributed by atoms with Crippen LogP contribution in [0.1, 0.15) is 40.2 Å². The molecule has 8 heteroatoms. The summed E-state index contributed by atoms with van der Waals surface area (Å²) in [6, 6.07) is 5.73. The Morgan fingerprint density at radius 1 is 1.19 bits per heavy atom. The first-order chi connectivity index (χ1) is 12.0. The van der Waals surface area contributed by atoms with Crippen molar-refractivity contribution >= 4 is 25.1 Å². The number of hydrogen-bond donors (Lipinski definition) is 0. The molecule has 144 valence electrons. The Balaban J connectivity index is 3.34. The summed E-state index contributed by atoms with van der Waals surface area (Å²) >= 11 is 0. The van der Waals surface area contributed by atoms with Gasteiger partial charge in [-0.2, -0.15) is 0 Å². The second-order valence-electron chi connectivity index (χ2n) is 6.81. The standard InChI is InChI=1S/C18H26NO6P/c1-13(2)11-24-26(23,25-12-14(3)4)18(15(5)20)10-16-7-6-8-17(9-16)19(21)22/h6-10,13-14H,11-12H2,1-5H3. The molecule has 0 saturated heterocycles. The highest BCUT2D eigenvalue weighted by atomic mass is 31.2. The molecule has 1 rings (SSSR count). The van der Waals surface area contributed by atoms with E-state index in [0.717, 1.165) is 0 Å². The minimum atomic E-state index is -3.86. The number of ketones is 1. The SMILES string of the molecule is CC(=O)C(=Cc1cccc([N+](=O)[O-])c1)P(=O)(OCC(C)C)OCC(C)C. The monoisotopic (exact) mass is 383 g/mol. The van der Waals surface area contributed by atoms with Crippen molar-refractivity contribution in [2.45, 2.75) is 34.6 Å². The van der Waals surface area contributed by atoms with Crippen molar-refractivity contribution in [3.8, 4) is 0 Å². The van der Waals surface area contributed by atoms with Gasteiger partial charge >= 0.3 is 7.60 Å². The molecule has 0 aliphatic rings. The number of carbonyl (C=O) groups excluding carboxylic acids is 1. The van der Waals surface area contributed by atoms with Crippen LogP contribution in [0, 0.1) is 22.0 Å². The Kier molecular flexibility index (Phi) is 8.34. The van der Waals surface area contributed by atoms with E-state index in [-0.39, 0.29) is 36.1 Å². The summed E-state index contributed by atoms with van der Waals surface area (Å²) in [5.41, 5.74) is 0.258. The fourth-order valence-corrected chi connectivity index (χ4v) is 3.96. The predicted molar refractivity (Wildman–Crippen MR) is 101 cm³/mol. The zero-order valence-electron chi connectivity index (χ0n) is 15.8. The van der Waals surface area contributed by atoms with Crippen molar-refractivity contribution in [1.29, 1.82) is 0 Å². The third-order valence-corrected chi connectivity index (χ3v) is 5.21. The van der Waals surface area contributed by atoms with E-state index in [4.69, 9.17) is 9.05 Å². The van der Waals surface area contributed by atoms with Crippen LogP contribution in [0.5, 0.6) is 0 Å². The number of nitro groups is 1.